The summed E-state index contributed by atoms with van der Waals surface area (Å²) in [5, 5.41) is 3.10. The first-order valence-electron chi connectivity index (χ1n) is 5.99. The number of thiophene rings is 1. The van der Waals surface area contributed by atoms with Crippen LogP contribution in [-0.2, 0) is 0 Å². The average molecular weight is 265 g/mol. The fraction of sp³-hybridized carbons (Fsp3) is 0.500. The molecule has 0 spiro atoms. The highest BCUT2D eigenvalue weighted by atomic mass is 32.1. The molecule has 0 saturated heterocycles. The predicted molar refractivity (Wildman–Crippen MR) is 77.9 cm³/mol. The van der Waals surface area contributed by atoms with Crippen molar-refractivity contribution in [3.63, 3.8) is 0 Å². The van der Waals surface area contributed by atoms with E-state index in [1.165, 1.54) is 0 Å². The molecule has 6 heteroatoms. The van der Waals surface area contributed by atoms with Gasteiger partial charge >= 0.3 is 0 Å². The summed E-state index contributed by atoms with van der Waals surface area (Å²) in [6, 6.07) is 2.45. The van der Waals surface area contributed by atoms with Crippen LogP contribution in [0, 0.1) is 5.92 Å². The molecule has 3 N–H and O–H groups in total. The number of hydrogen-bond donors (Lipinski definition) is 2. The van der Waals surface area contributed by atoms with Gasteiger partial charge in [0, 0.05) is 13.1 Å². The van der Waals surface area contributed by atoms with Crippen molar-refractivity contribution in [1.29, 1.82) is 0 Å². The van der Waals surface area contributed by atoms with Crippen LogP contribution >= 0.6 is 11.3 Å². The van der Waals surface area contributed by atoms with Crippen LogP contribution < -0.4 is 16.2 Å². The minimum Gasteiger partial charge on any atom is -0.356 e. The Morgan fingerprint density at radius 3 is 2.67 bits per heavy atom. The van der Waals surface area contributed by atoms with Crippen molar-refractivity contribution in [3.05, 3.63) is 11.4 Å². The standard InChI is InChI=1S/C12H19N5S/c1-7(2)8(3)17(4)10-9-5-6-18-11(9)15-12(14-10)16-13/h5-8H,13H2,1-4H3,(H,14,15,16). The largest absolute Gasteiger partial charge is 0.356 e. The molecule has 2 aromatic rings. The lowest BCUT2D eigenvalue weighted by atomic mass is 10.1. The van der Waals surface area contributed by atoms with Crippen molar-refractivity contribution in [2.45, 2.75) is 26.8 Å². The van der Waals surface area contributed by atoms with Gasteiger partial charge in [-0.05, 0) is 24.3 Å². The summed E-state index contributed by atoms with van der Waals surface area (Å²) in [6.07, 6.45) is 0. The highest BCUT2D eigenvalue weighted by Gasteiger charge is 2.18. The Hall–Kier alpha value is -1.40. The zero-order chi connectivity index (χ0) is 13.3. The first-order valence-corrected chi connectivity index (χ1v) is 6.87. The van der Waals surface area contributed by atoms with Crippen LogP contribution in [0.4, 0.5) is 11.8 Å². The molecule has 0 bridgehead atoms. The molecule has 2 heterocycles. The molecule has 0 saturated carbocycles. The zero-order valence-electron chi connectivity index (χ0n) is 11.1. The molecule has 2 aromatic heterocycles. The fourth-order valence-corrected chi connectivity index (χ4v) is 2.57. The molecular weight excluding hydrogens is 246 g/mol. The first kappa shape index (κ1) is 13.0. The molecule has 5 nitrogen and oxygen atoms in total. The van der Waals surface area contributed by atoms with E-state index in [4.69, 9.17) is 5.84 Å². The quantitative estimate of drug-likeness (QED) is 0.656. The molecular formula is C12H19N5S. The van der Waals surface area contributed by atoms with Crippen LogP contribution in [0.25, 0.3) is 10.2 Å². The number of nitrogens with two attached hydrogens (primary N) is 1. The van der Waals surface area contributed by atoms with Gasteiger partial charge in [-0.25, -0.2) is 10.8 Å². The lowest BCUT2D eigenvalue weighted by molar-refractivity contribution is 0.503. The summed E-state index contributed by atoms with van der Waals surface area (Å²) in [7, 11) is 2.06. The molecule has 0 aliphatic carbocycles. The van der Waals surface area contributed by atoms with Gasteiger partial charge in [-0.2, -0.15) is 4.98 Å². The number of rotatable bonds is 4. The second-order valence-corrected chi connectivity index (χ2v) is 5.64. The summed E-state index contributed by atoms with van der Waals surface area (Å²) >= 11 is 1.60. The molecule has 0 radical (unpaired) electrons. The fourth-order valence-electron chi connectivity index (χ4n) is 1.81. The van der Waals surface area contributed by atoms with Crippen molar-refractivity contribution < 1.29 is 0 Å². The van der Waals surface area contributed by atoms with E-state index in [9.17, 15) is 0 Å². The third kappa shape index (κ3) is 2.26. The SMILES string of the molecule is CC(C)C(C)N(C)c1nc(NN)nc2sccc12. The summed E-state index contributed by atoms with van der Waals surface area (Å²) in [5.41, 5.74) is 2.53. The molecule has 0 fully saturated rings. The van der Waals surface area contributed by atoms with E-state index < -0.39 is 0 Å². The molecule has 0 aliphatic heterocycles. The highest BCUT2D eigenvalue weighted by Crippen LogP contribution is 2.30. The van der Waals surface area contributed by atoms with E-state index in [1.807, 2.05) is 5.38 Å². The van der Waals surface area contributed by atoms with Gasteiger partial charge in [-0.15, -0.1) is 11.3 Å². The first-order chi connectivity index (χ1) is 8.54. The van der Waals surface area contributed by atoms with Crippen molar-refractivity contribution in [2.24, 2.45) is 11.8 Å². The maximum atomic E-state index is 5.43. The number of hydrogen-bond acceptors (Lipinski definition) is 6. The molecule has 1 unspecified atom stereocenters. The Bertz CT molecular complexity index is 536. The number of aromatic nitrogens is 2. The second kappa shape index (κ2) is 5.07. The zero-order valence-corrected chi connectivity index (χ0v) is 12.0. The monoisotopic (exact) mass is 265 g/mol. The molecule has 0 aromatic carbocycles. The number of anilines is 2. The number of nitrogen functional groups attached to an aromatic ring is 1. The van der Waals surface area contributed by atoms with Crippen LogP contribution in [-0.4, -0.2) is 23.1 Å². The lowest BCUT2D eigenvalue weighted by Crippen LogP contribution is -2.34. The Kier molecular flexibility index (Phi) is 3.68. The molecule has 2 rings (SSSR count). The summed E-state index contributed by atoms with van der Waals surface area (Å²) < 4.78 is 0. The summed E-state index contributed by atoms with van der Waals surface area (Å²) in [6.45, 7) is 6.60. The smallest absolute Gasteiger partial charge is 0.240 e. The van der Waals surface area contributed by atoms with Crippen LogP contribution in [0.3, 0.4) is 0 Å². The maximum absolute atomic E-state index is 5.43. The van der Waals surface area contributed by atoms with Gasteiger partial charge in [0.1, 0.15) is 10.6 Å². The van der Waals surface area contributed by atoms with Crippen LogP contribution in [0.15, 0.2) is 11.4 Å². The van der Waals surface area contributed by atoms with Crippen molar-refractivity contribution in [3.8, 4) is 0 Å². The van der Waals surface area contributed by atoms with E-state index in [1.54, 1.807) is 11.3 Å². The van der Waals surface area contributed by atoms with Crippen LogP contribution in [0.5, 0.6) is 0 Å². The maximum Gasteiger partial charge on any atom is 0.240 e. The number of hydrazine groups is 1. The van der Waals surface area contributed by atoms with Crippen molar-refractivity contribution in [2.75, 3.05) is 17.4 Å². The molecule has 98 valence electrons. The van der Waals surface area contributed by atoms with Crippen molar-refractivity contribution >= 4 is 33.3 Å². The number of fused-ring (bicyclic) bond motifs is 1. The topological polar surface area (TPSA) is 67.1 Å². The molecule has 18 heavy (non-hydrogen) atoms. The summed E-state index contributed by atoms with van der Waals surface area (Å²) in [4.78, 5) is 12.0. The second-order valence-electron chi connectivity index (χ2n) is 4.75. The van der Waals surface area contributed by atoms with E-state index in [0.717, 1.165) is 16.0 Å². The van der Waals surface area contributed by atoms with E-state index in [0.29, 0.717) is 17.9 Å². The van der Waals surface area contributed by atoms with Gasteiger partial charge < -0.3 is 4.90 Å². The van der Waals surface area contributed by atoms with Gasteiger partial charge in [0.05, 0.1) is 5.39 Å². The summed E-state index contributed by atoms with van der Waals surface area (Å²) in [5.74, 6) is 7.36. The van der Waals surface area contributed by atoms with Gasteiger partial charge in [0.2, 0.25) is 5.95 Å². The molecule has 1 atom stereocenters. The van der Waals surface area contributed by atoms with Crippen LogP contribution in [0.2, 0.25) is 0 Å². The normalized spacial score (nSPS) is 13.0. The predicted octanol–water partition coefficient (Wildman–Crippen LogP) is 2.46. The van der Waals surface area contributed by atoms with Crippen LogP contribution in [0.1, 0.15) is 20.8 Å². The van der Waals surface area contributed by atoms with Gasteiger partial charge in [-0.3, -0.25) is 5.43 Å². The lowest BCUT2D eigenvalue weighted by Gasteiger charge is -2.29. The Morgan fingerprint density at radius 2 is 2.06 bits per heavy atom. The average Bonchev–Trinajstić information content (AvgIpc) is 2.83. The van der Waals surface area contributed by atoms with E-state index in [2.05, 4.69) is 54.2 Å². The Labute approximate surface area is 111 Å². The Morgan fingerprint density at radius 1 is 1.33 bits per heavy atom. The van der Waals surface area contributed by atoms with Gasteiger partial charge in [0.15, 0.2) is 0 Å². The molecule has 0 aliphatic rings. The minimum atomic E-state index is 0.397. The van der Waals surface area contributed by atoms with Gasteiger partial charge in [-0.1, -0.05) is 13.8 Å². The minimum absolute atomic E-state index is 0.397. The number of nitrogens with one attached hydrogen (secondary N) is 1. The van der Waals surface area contributed by atoms with Crippen molar-refractivity contribution in [1.82, 2.24) is 9.97 Å². The third-order valence-corrected chi connectivity index (χ3v) is 4.15. The molecule has 0 amide bonds. The van der Waals surface area contributed by atoms with E-state index in [-0.39, 0.29) is 0 Å². The number of nitrogens with zero attached hydrogens (tertiary/aromatic N) is 3. The van der Waals surface area contributed by atoms with E-state index >= 15 is 0 Å². The highest BCUT2D eigenvalue weighted by molar-refractivity contribution is 7.16. The van der Waals surface area contributed by atoms with Gasteiger partial charge in [0.25, 0.3) is 0 Å². The Balaban J connectivity index is 2.51. The third-order valence-electron chi connectivity index (χ3n) is 3.34.